The molecule has 1 aromatic heterocycles. The third kappa shape index (κ3) is 3.68. The summed E-state index contributed by atoms with van der Waals surface area (Å²) in [6, 6.07) is -0.253. The van der Waals surface area contributed by atoms with Crippen LogP contribution < -0.4 is 10.6 Å². The van der Waals surface area contributed by atoms with Crippen LogP contribution in [-0.2, 0) is 23.0 Å². The third-order valence-electron chi connectivity index (χ3n) is 2.81. The smallest absolute Gasteiger partial charge is 0.321 e. The van der Waals surface area contributed by atoms with Crippen molar-refractivity contribution in [2.75, 3.05) is 18.1 Å². The number of anilines is 1. The van der Waals surface area contributed by atoms with Gasteiger partial charge in [-0.3, -0.25) is 5.32 Å². The molecule has 0 spiro atoms. The number of sulfonamides is 1. The summed E-state index contributed by atoms with van der Waals surface area (Å²) >= 11 is 1.32. The average molecular weight is 318 g/mol. The van der Waals surface area contributed by atoms with Crippen molar-refractivity contribution in [3.05, 3.63) is 10.6 Å². The fourth-order valence-corrected chi connectivity index (χ4v) is 3.79. The molecule has 112 valence electrons. The molecule has 20 heavy (non-hydrogen) atoms. The summed E-state index contributed by atoms with van der Waals surface area (Å²) in [5.41, 5.74) is 0.870. The number of carbonyl (C=O) groups excluding carboxylic acids is 1. The third-order valence-corrected chi connectivity index (χ3v) is 5.05. The van der Waals surface area contributed by atoms with E-state index in [0.717, 1.165) is 10.6 Å². The molecule has 0 aliphatic carbocycles. The summed E-state index contributed by atoms with van der Waals surface area (Å²) in [5, 5.41) is 5.89. The second-order valence-electron chi connectivity index (χ2n) is 4.99. The standard InChI is InChI=1S/C11H18N4O3S2/c1-7(2)12-10(16)14-11-13-8-4-5-15(20(3,17)18)6-9(8)19-11/h7H,4-6H2,1-3H3,(H2,12,13,14,16). The lowest BCUT2D eigenvalue weighted by molar-refractivity contribution is 0.250. The van der Waals surface area contributed by atoms with Gasteiger partial charge in [-0.2, -0.15) is 4.31 Å². The predicted octanol–water partition coefficient (Wildman–Crippen LogP) is 0.991. The Balaban J connectivity index is 2.07. The van der Waals surface area contributed by atoms with Gasteiger partial charge < -0.3 is 5.32 Å². The first-order valence-electron chi connectivity index (χ1n) is 6.27. The van der Waals surface area contributed by atoms with E-state index in [1.807, 2.05) is 13.8 Å². The van der Waals surface area contributed by atoms with Crippen LogP contribution in [0.4, 0.5) is 9.93 Å². The molecule has 0 saturated carbocycles. The molecule has 1 aliphatic heterocycles. The van der Waals surface area contributed by atoms with Crippen molar-refractivity contribution in [3.63, 3.8) is 0 Å². The molecule has 2 heterocycles. The second kappa shape index (κ2) is 5.66. The summed E-state index contributed by atoms with van der Waals surface area (Å²) in [6.07, 6.45) is 1.78. The van der Waals surface area contributed by atoms with E-state index in [-0.39, 0.29) is 12.1 Å². The lowest BCUT2D eigenvalue weighted by Gasteiger charge is -2.23. The highest BCUT2D eigenvalue weighted by Gasteiger charge is 2.26. The van der Waals surface area contributed by atoms with E-state index in [1.54, 1.807) is 0 Å². The van der Waals surface area contributed by atoms with Crippen molar-refractivity contribution in [1.29, 1.82) is 0 Å². The zero-order valence-corrected chi connectivity index (χ0v) is 13.3. The number of rotatable bonds is 3. The maximum atomic E-state index is 11.6. The van der Waals surface area contributed by atoms with Crippen LogP contribution in [-0.4, -0.2) is 42.6 Å². The van der Waals surface area contributed by atoms with Crippen molar-refractivity contribution in [1.82, 2.24) is 14.6 Å². The molecule has 0 fully saturated rings. The molecule has 7 nitrogen and oxygen atoms in total. The number of thiazole rings is 1. The topological polar surface area (TPSA) is 91.4 Å². The molecule has 0 saturated heterocycles. The van der Waals surface area contributed by atoms with Gasteiger partial charge in [0.05, 0.1) is 11.9 Å². The van der Waals surface area contributed by atoms with Gasteiger partial charge in [0.1, 0.15) is 0 Å². The van der Waals surface area contributed by atoms with Gasteiger partial charge in [-0.05, 0) is 13.8 Å². The van der Waals surface area contributed by atoms with E-state index in [2.05, 4.69) is 15.6 Å². The van der Waals surface area contributed by atoms with Gasteiger partial charge in [0.2, 0.25) is 10.0 Å². The van der Waals surface area contributed by atoms with Gasteiger partial charge in [-0.1, -0.05) is 11.3 Å². The zero-order chi connectivity index (χ0) is 14.9. The Labute approximate surface area is 122 Å². The van der Waals surface area contributed by atoms with Crippen LogP contribution in [0.5, 0.6) is 0 Å². The monoisotopic (exact) mass is 318 g/mol. The van der Waals surface area contributed by atoms with E-state index >= 15 is 0 Å². The van der Waals surface area contributed by atoms with E-state index in [4.69, 9.17) is 0 Å². The normalized spacial score (nSPS) is 16.0. The largest absolute Gasteiger partial charge is 0.336 e. The van der Waals surface area contributed by atoms with Crippen LogP contribution >= 0.6 is 11.3 Å². The SMILES string of the molecule is CC(C)NC(=O)Nc1nc2c(s1)CN(S(C)(=O)=O)CC2. The van der Waals surface area contributed by atoms with Crippen molar-refractivity contribution in [2.24, 2.45) is 0 Å². The van der Waals surface area contributed by atoms with Gasteiger partial charge in [0, 0.05) is 30.4 Å². The minimum Gasteiger partial charge on any atom is -0.336 e. The van der Waals surface area contributed by atoms with Crippen LogP contribution in [0.25, 0.3) is 0 Å². The highest BCUT2D eigenvalue weighted by atomic mass is 32.2. The minimum atomic E-state index is -3.19. The lowest BCUT2D eigenvalue weighted by atomic mass is 10.2. The van der Waals surface area contributed by atoms with Crippen molar-refractivity contribution in [3.8, 4) is 0 Å². The highest BCUT2D eigenvalue weighted by Crippen LogP contribution is 2.29. The maximum Gasteiger partial charge on any atom is 0.321 e. The van der Waals surface area contributed by atoms with Crippen LogP contribution in [0.1, 0.15) is 24.4 Å². The number of carbonyl (C=O) groups is 1. The molecule has 0 radical (unpaired) electrons. The van der Waals surface area contributed by atoms with Crippen molar-refractivity contribution < 1.29 is 13.2 Å². The average Bonchev–Trinajstić information content (AvgIpc) is 2.66. The first-order chi connectivity index (χ1) is 9.25. The first-order valence-corrected chi connectivity index (χ1v) is 8.93. The summed E-state index contributed by atoms with van der Waals surface area (Å²) < 4.78 is 24.5. The molecule has 1 aromatic rings. The molecule has 0 unspecified atom stereocenters. The molecule has 2 N–H and O–H groups in total. The van der Waals surface area contributed by atoms with E-state index in [9.17, 15) is 13.2 Å². The fourth-order valence-electron chi connectivity index (χ4n) is 1.90. The van der Waals surface area contributed by atoms with E-state index in [1.165, 1.54) is 21.9 Å². The molecular formula is C11H18N4O3S2. The van der Waals surface area contributed by atoms with Gasteiger partial charge in [0.25, 0.3) is 0 Å². The quantitative estimate of drug-likeness (QED) is 0.869. The Kier molecular flexibility index (Phi) is 4.31. The van der Waals surface area contributed by atoms with Gasteiger partial charge in [-0.25, -0.2) is 18.2 Å². The Morgan fingerprint density at radius 2 is 2.15 bits per heavy atom. The molecule has 0 aromatic carbocycles. The number of aromatic nitrogens is 1. The number of nitrogens with one attached hydrogen (secondary N) is 2. The fraction of sp³-hybridized carbons (Fsp3) is 0.636. The highest BCUT2D eigenvalue weighted by molar-refractivity contribution is 7.88. The Morgan fingerprint density at radius 3 is 2.75 bits per heavy atom. The Bertz CT molecular complexity index is 609. The van der Waals surface area contributed by atoms with E-state index < -0.39 is 10.0 Å². The van der Waals surface area contributed by atoms with Gasteiger partial charge in [0.15, 0.2) is 5.13 Å². The second-order valence-corrected chi connectivity index (χ2v) is 8.05. The number of hydrogen-bond acceptors (Lipinski definition) is 5. The zero-order valence-electron chi connectivity index (χ0n) is 11.6. The molecular weight excluding hydrogens is 300 g/mol. The summed E-state index contributed by atoms with van der Waals surface area (Å²) in [7, 11) is -3.19. The first kappa shape index (κ1) is 15.2. The summed E-state index contributed by atoms with van der Waals surface area (Å²) in [4.78, 5) is 16.8. The number of fused-ring (bicyclic) bond motifs is 1. The Morgan fingerprint density at radius 1 is 1.45 bits per heavy atom. The van der Waals surface area contributed by atoms with Crippen LogP contribution in [0.3, 0.4) is 0 Å². The number of nitrogens with zero attached hydrogens (tertiary/aromatic N) is 2. The van der Waals surface area contributed by atoms with Crippen molar-refractivity contribution in [2.45, 2.75) is 32.9 Å². The molecule has 2 rings (SSSR count). The molecule has 1 aliphatic rings. The van der Waals surface area contributed by atoms with Gasteiger partial charge >= 0.3 is 6.03 Å². The van der Waals surface area contributed by atoms with Crippen LogP contribution in [0.15, 0.2) is 0 Å². The van der Waals surface area contributed by atoms with Crippen molar-refractivity contribution >= 4 is 32.5 Å². The molecule has 0 bridgehead atoms. The minimum absolute atomic E-state index is 0.0466. The number of urea groups is 1. The summed E-state index contributed by atoms with van der Waals surface area (Å²) in [6.45, 7) is 4.51. The van der Waals surface area contributed by atoms with E-state index in [0.29, 0.717) is 24.6 Å². The number of amides is 2. The predicted molar refractivity (Wildman–Crippen MR) is 78.4 cm³/mol. The van der Waals surface area contributed by atoms with Crippen LogP contribution in [0.2, 0.25) is 0 Å². The van der Waals surface area contributed by atoms with Gasteiger partial charge in [-0.15, -0.1) is 0 Å². The summed E-state index contributed by atoms with van der Waals surface area (Å²) in [5.74, 6) is 0. The lowest BCUT2D eigenvalue weighted by Crippen LogP contribution is -2.34. The number of hydrogen-bond donors (Lipinski definition) is 2. The maximum absolute atomic E-state index is 11.6. The molecule has 2 amide bonds. The Hall–Kier alpha value is -1.19. The molecule has 9 heteroatoms. The molecule has 0 atom stereocenters. The van der Waals surface area contributed by atoms with Crippen LogP contribution in [0, 0.1) is 0 Å².